The van der Waals surface area contributed by atoms with E-state index in [1.165, 1.54) is 6.33 Å². The van der Waals surface area contributed by atoms with E-state index in [1.54, 1.807) is 0 Å². The van der Waals surface area contributed by atoms with E-state index in [1.807, 2.05) is 14.1 Å². The predicted molar refractivity (Wildman–Crippen MR) is 75.3 cm³/mol. The summed E-state index contributed by atoms with van der Waals surface area (Å²) in [4.78, 5) is 20.0. The zero-order valence-corrected chi connectivity index (χ0v) is 12.1. The molecule has 1 aromatic heterocycles. The van der Waals surface area contributed by atoms with E-state index in [4.69, 9.17) is 11.6 Å². The fourth-order valence-corrected chi connectivity index (χ4v) is 2.02. The molecule has 0 aromatic carbocycles. The van der Waals surface area contributed by atoms with E-state index in [2.05, 4.69) is 34.0 Å². The van der Waals surface area contributed by atoms with Crippen LogP contribution in [0.5, 0.6) is 0 Å². The fourth-order valence-electron chi connectivity index (χ4n) is 1.87. The zero-order valence-electron chi connectivity index (χ0n) is 11.3. The Kier molecular flexibility index (Phi) is 5.62. The van der Waals surface area contributed by atoms with Gasteiger partial charge < -0.3 is 15.2 Å². The molecule has 0 spiro atoms. The van der Waals surface area contributed by atoms with Gasteiger partial charge in [0.1, 0.15) is 5.02 Å². The van der Waals surface area contributed by atoms with Crippen LogP contribution in [0.3, 0.4) is 0 Å². The first kappa shape index (κ1) is 15.0. The number of hydrogen-bond acceptors (Lipinski definition) is 4. The number of nitrogens with one attached hydrogen (secondary N) is 2. The maximum Gasteiger partial charge on any atom is 0.271 e. The lowest BCUT2D eigenvalue weighted by Crippen LogP contribution is -2.34. The van der Waals surface area contributed by atoms with Crippen LogP contribution in [-0.4, -0.2) is 41.5 Å². The molecule has 18 heavy (non-hydrogen) atoms. The van der Waals surface area contributed by atoms with E-state index in [-0.39, 0.29) is 16.6 Å². The molecule has 1 atom stereocenters. The molecule has 2 N–H and O–H groups in total. The fraction of sp³-hybridized carbons (Fsp3) is 0.667. The summed E-state index contributed by atoms with van der Waals surface area (Å²) in [7, 11) is 4.03. The van der Waals surface area contributed by atoms with Gasteiger partial charge in [0, 0.05) is 12.6 Å². The molecule has 5 nitrogen and oxygen atoms in total. The summed E-state index contributed by atoms with van der Waals surface area (Å²) < 4.78 is 0. The van der Waals surface area contributed by atoms with Crippen molar-refractivity contribution in [2.45, 2.75) is 26.3 Å². The topological polar surface area (TPSA) is 61.0 Å². The quantitative estimate of drug-likeness (QED) is 0.829. The highest BCUT2D eigenvalue weighted by atomic mass is 35.5. The van der Waals surface area contributed by atoms with Crippen molar-refractivity contribution in [1.82, 2.24) is 14.9 Å². The second-order valence-electron chi connectivity index (χ2n) is 5.13. The van der Waals surface area contributed by atoms with Gasteiger partial charge >= 0.3 is 0 Å². The third-order valence-electron chi connectivity index (χ3n) is 2.48. The van der Waals surface area contributed by atoms with Crippen LogP contribution in [0.25, 0.3) is 0 Å². The maximum absolute atomic E-state index is 11.4. The van der Waals surface area contributed by atoms with Crippen molar-refractivity contribution in [1.29, 1.82) is 0 Å². The van der Waals surface area contributed by atoms with Crippen molar-refractivity contribution in [3.05, 3.63) is 21.7 Å². The first-order valence-corrected chi connectivity index (χ1v) is 6.42. The van der Waals surface area contributed by atoms with E-state index in [9.17, 15) is 4.79 Å². The number of nitrogens with zero attached hydrogens (tertiary/aromatic N) is 2. The number of halogens is 1. The summed E-state index contributed by atoms with van der Waals surface area (Å²) >= 11 is 5.93. The minimum absolute atomic E-state index is 0.116. The summed E-state index contributed by atoms with van der Waals surface area (Å²) in [5, 5.41) is 3.36. The Morgan fingerprint density at radius 1 is 1.50 bits per heavy atom. The molecular weight excluding hydrogens is 252 g/mol. The van der Waals surface area contributed by atoms with Crippen molar-refractivity contribution in [3.8, 4) is 0 Å². The monoisotopic (exact) mass is 272 g/mol. The highest BCUT2D eigenvalue weighted by Crippen LogP contribution is 2.16. The number of rotatable bonds is 6. The van der Waals surface area contributed by atoms with Gasteiger partial charge in [-0.15, -0.1) is 0 Å². The lowest BCUT2D eigenvalue weighted by molar-refractivity contribution is 0.356. The molecule has 0 bridgehead atoms. The molecule has 0 radical (unpaired) electrons. The number of aromatic nitrogens is 2. The van der Waals surface area contributed by atoms with Gasteiger partial charge in [-0.1, -0.05) is 25.4 Å². The average Bonchev–Trinajstić information content (AvgIpc) is 2.23. The van der Waals surface area contributed by atoms with E-state index >= 15 is 0 Å². The smallest absolute Gasteiger partial charge is 0.271 e. The highest BCUT2D eigenvalue weighted by Gasteiger charge is 2.15. The lowest BCUT2D eigenvalue weighted by atomic mass is 10.0. The van der Waals surface area contributed by atoms with Crippen molar-refractivity contribution in [2.24, 2.45) is 5.92 Å². The van der Waals surface area contributed by atoms with Crippen LogP contribution in [0.15, 0.2) is 11.1 Å². The van der Waals surface area contributed by atoms with Crippen LogP contribution in [0.4, 0.5) is 5.82 Å². The van der Waals surface area contributed by atoms with Crippen LogP contribution < -0.4 is 10.9 Å². The van der Waals surface area contributed by atoms with Gasteiger partial charge in [-0.3, -0.25) is 4.79 Å². The minimum atomic E-state index is -0.317. The Bertz CT molecular complexity index is 420. The van der Waals surface area contributed by atoms with E-state index in [0.29, 0.717) is 11.7 Å². The molecule has 1 rings (SSSR count). The highest BCUT2D eigenvalue weighted by molar-refractivity contribution is 6.32. The first-order valence-electron chi connectivity index (χ1n) is 6.04. The molecular formula is C12H21ClN4O. The second-order valence-corrected chi connectivity index (χ2v) is 5.51. The summed E-state index contributed by atoms with van der Waals surface area (Å²) in [5.41, 5.74) is -0.317. The largest absolute Gasteiger partial charge is 0.365 e. The molecule has 102 valence electrons. The second kappa shape index (κ2) is 6.75. The van der Waals surface area contributed by atoms with Crippen molar-refractivity contribution >= 4 is 17.4 Å². The van der Waals surface area contributed by atoms with Crippen LogP contribution in [0.2, 0.25) is 5.02 Å². The van der Waals surface area contributed by atoms with Crippen molar-refractivity contribution in [2.75, 3.05) is 26.0 Å². The average molecular weight is 273 g/mol. The van der Waals surface area contributed by atoms with Crippen LogP contribution in [0.1, 0.15) is 20.3 Å². The van der Waals surface area contributed by atoms with Crippen LogP contribution >= 0.6 is 11.6 Å². The number of anilines is 1. The molecule has 0 saturated heterocycles. The normalized spacial score (nSPS) is 13.1. The number of H-pyrrole nitrogens is 1. The molecule has 1 heterocycles. The molecule has 6 heteroatoms. The van der Waals surface area contributed by atoms with E-state index in [0.717, 1.165) is 13.0 Å². The Morgan fingerprint density at radius 3 is 2.72 bits per heavy atom. The third-order valence-corrected chi connectivity index (χ3v) is 2.83. The standard InChI is InChI=1S/C12H21ClN4O/c1-8(2)5-9(6-17(3)4)16-11-10(13)12(18)15-7-14-11/h7-9H,5-6H2,1-4H3,(H2,14,15,16,18). The molecule has 0 saturated carbocycles. The summed E-state index contributed by atoms with van der Waals surface area (Å²) in [6.45, 7) is 5.19. The van der Waals surface area contributed by atoms with Gasteiger partial charge in [0.05, 0.1) is 6.33 Å². The predicted octanol–water partition coefficient (Wildman–Crippen LogP) is 1.81. The Labute approximate surface area is 113 Å². The third kappa shape index (κ3) is 4.66. The van der Waals surface area contributed by atoms with Gasteiger partial charge in [-0.25, -0.2) is 4.98 Å². The van der Waals surface area contributed by atoms with Gasteiger partial charge in [-0.2, -0.15) is 0 Å². The Hall–Kier alpha value is -1.07. The molecule has 0 aliphatic rings. The molecule has 0 amide bonds. The van der Waals surface area contributed by atoms with E-state index < -0.39 is 0 Å². The number of likely N-dealkylation sites (N-methyl/N-ethyl adjacent to an activating group) is 1. The summed E-state index contributed by atoms with van der Waals surface area (Å²) in [6.07, 6.45) is 2.35. The molecule has 0 fully saturated rings. The first-order chi connectivity index (χ1) is 8.40. The lowest BCUT2D eigenvalue weighted by Gasteiger charge is -2.24. The zero-order chi connectivity index (χ0) is 13.7. The molecule has 1 unspecified atom stereocenters. The maximum atomic E-state index is 11.4. The van der Waals surface area contributed by atoms with Crippen LogP contribution in [0, 0.1) is 5.92 Å². The molecule has 0 aliphatic heterocycles. The van der Waals surface area contributed by atoms with Gasteiger partial charge in [0.25, 0.3) is 5.56 Å². The number of aromatic amines is 1. The number of hydrogen-bond donors (Lipinski definition) is 2. The van der Waals surface area contributed by atoms with Gasteiger partial charge in [0.2, 0.25) is 0 Å². The Morgan fingerprint density at radius 2 is 2.17 bits per heavy atom. The summed E-state index contributed by atoms with van der Waals surface area (Å²) in [6, 6.07) is 0.215. The van der Waals surface area contributed by atoms with Gasteiger partial charge in [0.15, 0.2) is 5.82 Å². The molecule has 1 aromatic rings. The Balaban J connectivity index is 2.81. The van der Waals surface area contributed by atoms with Crippen LogP contribution in [-0.2, 0) is 0 Å². The van der Waals surface area contributed by atoms with Gasteiger partial charge in [-0.05, 0) is 26.4 Å². The summed E-state index contributed by atoms with van der Waals surface area (Å²) in [5.74, 6) is 1.01. The minimum Gasteiger partial charge on any atom is -0.365 e. The molecule has 0 aliphatic carbocycles. The SMILES string of the molecule is CC(C)CC(CN(C)C)Nc1nc[nH]c(=O)c1Cl. The van der Waals surface area contributed by atoms with Crippen molar-refractivity contribution < 1.29 is 0 Å². The van der Waals surface area contributed by atoms with Crippen molar-refractivity contribution in [3.63, 3.8) is 0 Å².